The van der Waals surface area contributed by atoms with E-state index in [-0.39, 0.29) is 5.91 Å². The van der Waals surface area contributed by atoms with Crippen LogP contribution in [0.3, 0.4) is 0 Å². The average molecular weight is 295 g/mol. The molecule has 20 heavy (non-hydrogen) atoms. The van der Waals surface area contributed by atoms with Gasteiger partial charge < -0.3 is 10.6 Å². The van der Waals surface area contributed by atoms with E-state index >= 15 is 0 Å². The Balaban J connectivity index is 2.68. The largest absolute Gasteiger partial charge is 0.370 e. The molecule has 1 aromatic rings. The van der Waals surface area contributed by atoms with Gasteiger partial charge in [0, 0.05) is 29.6 Å². The predicted molar refractivity (Wildman–Crippen MR) is 87.7 cm³/mol. The topological polar surface area (TPSA) is 54.0 Å². The third kappa shape index (κ3) is 5.41. The summed E-state index contributed by atoms with van der Waals surface area (Å²) in [6.07, 6.45) is 3.90. The number of aromatic nitrogens is 1. The van der Waals surface area contributed by atoms with Crippen LogP contribution in [0.2, 0.25) is 0 Å². The molecule has 1 atom stereocenters. The highest BCUT2D eigenvalue weighted by Crippen LogP contribution is 2.12. The first-order valence-corrected chi connectivity index (χ1v) is 8.45. The van der Waals surface area contributed by atoms with Crippen LogP contribution in [0.1, 0.15) is 43.2 Å². The number of nitrogens with one attached hydrogen (secondary N) is 2. The highest BCUT2D eigenvalue weighted by Gasteiger charge is 2.09. The number of hydrogen-bond acceptors (Lipinski definition) is 4. The van der Waals surface area contributed by atoms with E-state index in [2.05, 4.69) is 28.8 Å². The zero-order chi connectivity index (χ0) is 15.0. The Kier molecular flexibility index (Phi) is 7.44. The third-order valence-electron chi connectivity index (χ3n) is 3.10. The van der Waals surface area contributed by atoms with E-state index in [1.165, 1.54) is 0 Å². The SMILES string of the molecule is CCNc1cc(C(=O)NCCC(C)SC)cc(CC)n1. The molecule has 1 heterocycles. The van der Waals surface area contributed by atoms with Crippen molar-refractivity contribution in [2.75, 3.05) is 24.7 Å². The minimum absolute atomic E-state index is 0.0189. The van der Waals surface area contributed by atoms with Gasteiger partial charge in [0.05, 0.1) is 0 Å². The average Bonchev–Trinajstić information content (AvgIpc) is 2.46. The Morgan fingerprint density at radius 2 is 2.15 bits per heavy atom. The molecule has 1 amide bonds. The molecule has 0 saturated heterocycles. The second-order valence-electron chi connectivity index (χ2n) is 4.71. The molecule has 0 aromatic carbocycles. The van der Waals surface area contributed by atoms with Crippen LogP contribution in [0.25, 0.3) is 0 Å². The Bertz CT molecular complexity index is 437. The normalized spacial score (nSPS) is 12.0. The van der Waals surface area contributed by atoms with Gasteiger partial charge in [0.15, 0.2) is 0 Å². The maximum Gasteiger partial charge on any atom is 0.251 e. The molecule has 0 aliphatic heterocycles. The van der Waals surface area contributed by atoms with E-state index in [0.29, 0.717) is 17.4 Å². The molecule has 0 radical (unpaired) electrons. The molecule has 5 heteroatoms. The molecule has 112 valence electrons. The number of nitrogens with zero attached hydrogens (tertiary/aromatic N) is 1. The number of amides is 1. The maximum absolute atomic E-state index is 12.2. The van der Waals surface area contributed by atoms with Gasteiger partial charge in [-0.1, -0.05) is 13.8 Å². The van der Waals surface area contributed by atoms with E-state index < -0.39 is 0 Å². The minimum Gasteiger partial charge on any atom is -0.370 e. The Hall–Kier alpha value is -1.23. The van der Waals surface area contributed by atoms with Crippen molar-refractivity contribution in [3.05, 3.63) is 23.4 Å². The second kappa shape index (κ2) is 8.84. The molecule has 0 aliphatic rings. The van der Waals surface area contributed by atoms with Crippen molar-refractivity contribution >= 4 is 23.5 Å². The lowest BCUT2D eigenvalue weighted by molar-refractivity contribution is 0.0953. The summed E-state index contributed by atoms with van der Waals surface area (Å²) in [6.45, 7) is 7.74. The molecule has 2 N–H and O–H groups in total. The smallest absolute Gasteiger partial charge is 0.251 e. The summed E-state index contributed by atoms with van der Waals surface area (Å²) in [4.78, 5) is 16.6. The number of rotatable bonds is 8. The van der Waals surface area contributed by atoms with Crippen molar-refractivity contribution in [2.24, 2.45) is 0 Å². The molecule has 0 saturated carbocycles. The zero-order valence-electron chi connectivity index (χ0n) is 12.8. The first-order valence-electron chi connectivity index (χ1n) is 7.16. The van der Waals surface area contributed by atoms with Crippen LogP contribution in [-0.4, -0.2) is 35.5 Å². The summed E-state index contributed by atoms with van der Waals surface area (Å²) in [5.41, 5.74) is 1.62. The van der Waals surface area contributed by atoms with Crippen LogP contribution in [-0.2, 0) is 6.42 Å². The molecule has 0 aliphatic carbocycles. The summed E-state index contributed by atoms with van der Waals surface area (Å²) < 4.78 is 0. The van der Waals surface area contributed by atoms with Crippen LogP contribution in [0.15, 0.2) is 12.1 Å². The highest BCUT2D eigenvalue weighted by atomic mass is 32.2. The van der Waals surface area contributed by atoms with E-state index in [1.807, 2.05) is 37.7 Å². The first kappa shape index (κ1) is 16.8. The van der Waals surface area contributed by atoms with Gasteiger partial charge in [0.1, 0.15) is 5.82 Å². The molecule has 1 aromatic heterocycles. The second-order valence-corrected chi connectivity index (χ2v) is 5.98. The number of carbonyl (C=O) groups is 1. The Morgan fingerprint density at radius 3 is 2.75 bits per heavy atom. The fraction of sp³-hybridized carbons (Fsp3) is 0.600. The van der Waals surface area contributed by atoms with E-state index in [9.17, 15) is 4.79 Å². The van der Waals surface area contributed by atoms with Gasteiger partial charge in [0.2, 0.25) is 0 Å². The fourth-order valence-electron chi connectivity index (χ4n) is 1.78. The van der Waals surface area contributed by atoms with Gasteiger partial charge in [-0.05, 0) is 38.2 Å². The van der Waals surface area contributed by atoms with Crippen LogP contribution < -0.4 is 10.6 Å². The van der Waals surface area contributed by atoms with E-state index in [0.717, 1.165) is 30.9 Å². The van der Waals surface area contributed by atoms with Gasteiger partial charge in [-0.25, -0.2) is 4.98 Å². The van der Waals surface area contributed by atoms with Crippen molar-refractivity contribution < 1.29 is 4.79 Å². The van der Waals surface area contributed by atoms with Crippen LogP contribution in [0.4, 0.5) is 5.82 Å². The van der Waals surface area contributed by atoms with Gasteiger partial charge in [-0.15, -0.1) is 0 Å². The third-order valence-corrected chi connectivity index (χ3v) is 4.14. The van der Waals surface area contributed by atoms with Crippen LogP contribution in [0.5, 0.6) is 0 Å². The highest BCUT2D eigenvalue weighted by molar-refractivity contribution is 7.99. The summed E-state index contributed by atoms with van der Waals surface area (Å²) in [7, 11) is 0. The van der Waals surface area contributed by atoms with Crippen molar-refractivity contribution in [2.45, 2.75) is 38.9 Å². The van der Waals surface area contributed by atoms with Crippen molar-refractivity contribution in [3.8, 4) is 0 Å². The quantitative estimate of drug-likeness (QED) is 0.774. The summed E-state index contributed by atoms with van der Waals surface area (Å²) >= 11 is 1.82. The monoisotopic (exact) mass is 295 g/mol. The van der Waals surface area contributed by atoms with Crippen molar-refractivity contribution in [1.29, 1.82) is 0 Å². The van der Waals surface area contributed by atoms with Crippen LogP contribution >= 0.6 is 11.8 Å². The molecular weight excluding hydrogens is 270 g/mol. The lowest BCUT2D eigenvalue weighted by Crippen LogP contribution is -2.26. The van der Waals surface area contributed by atoms with Crippen molar-refractivity contribution in [1.82, 2.24) is 10.3 Å². The van der Waals surface area contributed by atoms with E-state index in [4.69, 9.17) is 0 Å². The predicted octanol–water partition coefficient (Wildman–Crippen LogP) is 2.95. The Morgan fingerprint density at radius 1 is 1.40 bits per heavy atom. The van der Waals surface area contributed by atoms with E-state index in [1.54, 1.807) is 0 Å². The van der Waals surface area contributed by atoms with Gasteiger partial charge >= 0.3 is 0 Å². The summed E-state index contributed by atoms with van der Waals surface area (Å²) in [5, 5.41) is 6.71. The summed E-state index contributed by atoms with van der Waals surface area (Å²) in [5.74, 6) is 0.754. The zero-order valence-corrected chi connectivity index (χ0v) is 13.6. The number of hydrogen-bond donors (Lipinski definition) is 2. The molecule has 0 spiro atoms. The number of anilines is 1. The standard InChI is InChI=1S/C15H25N3OS/c1-5-13-9-12(10-14(18-13)16-6-2)15(19)17-8-7-11(3)20-4/h9-11H,5-8H2,1-4H3,(H,16,18)(H,17,19). The molecule has 1 unspecified atom stereocenters. The molecule has 4 nitrogen and oxygen atoms in total. The van der Waals surface area contributed by atoms with Crippen molar-refractivity contribution in [3.63, 3.8) is 0 Å². The number of thioether (sulfide) groups is 1. The molecular formula is C15H25N3OS. The maximum atomic E-state index is 12.2. The molecule has 0 fully saturated rings. The van der Waals surface area contributed by atoms with Gasteiger partial charge in [-0.2, -0.15) is 11.8 Å². The number of pyridine rings is 1. The van der Waals surface area contributed by atoms with Crippen LogP contribution in [0, 0.1) is 0 Å². The van der Waals surface area contributed by atoms with Gasteiger partial charge in [-0.3, -0.25) is 4.79 Å². The minimum atomic E-state index is -0.0189. The molecule has 0 bridgehead atoms. The number of carbonyl (C=O) groups excluding carboxylic acids is 1. The Labute approximate surface area is 126 Å². The van der Waals surface area contributed by atoms with Gasteiger partial charge in [0.25, 0.3) is 5.91 Å². The number of aryl methyl sites for hydroxylation is 1. The first-order chi connectivity index (χ1) is 9.60. The lowest BCUT2D eigenvalue weighted by atomic mass is 10.1. The summed E-state index contributed by atoms with van der Waals surface area (Å²) in [6, 6.07) is 3.68. The lowest BCUT2D eigenvalue weighted by Gasteiger charge is -2.11. The molecule has 1 rings (SSSR count). The fourth-order valence-corrected chi connectivity index (χ4v) is 2.13.